The van der Waals surface area contributed by atoms with Crippen LogP contribution in [-0.2, 0) is 14.8 Å². The van der Waals surface area contributed by atoms with Gasteiger partial charge in [0.25, 0.3) is 10.0 Å². The van der Waals surface area contributed by atoms with Crippen LogP contribution < -0.4 is 0 Å². The Hall–Kier alpha value is -1.68. The fourth-order valence-electron chi connectivity index (χ4n) is 2.43. The Morgan fingerprint density at radius 3 is 2.60 bits per heavy atom. The molecule has 0 aliphatic heterocycles. The van der Waals surface area contributed by atoms with E-state index >= 15 is 0 Å². The first kappa shape index (κ1) is 18.1. The number of nitrogens with zero attached hydrogens (tertiary/aromatic N) is 3. The molecule has 1 heterocycles. The Bertz CT molecular complexity index is 916. The monoisotopic (exact) mass is 471 g/mol. The maximum atomic E-state index is 13.0. The lowest BCUT2D eigenvalue weighted by Crippen LogP contribution is -2.15. The van der Waals surface area contributed by atoms with E-state index in [-0.39, 0.29) is 10.7 Å². The van der Waals surface area contributed by atoms with Gasteiger partial charge < -0.3 is 4.74 Å². The SMILES string of the molecule is C=Nc1c(C(=NC)OCC2CC2)cc(I)n1S(=O)(=O)c1ccccc1. The van der Waals surface area contributed by atoms with E-state index in [0.717, 1.165) is 12.8 Å². The summed E-state index contributed by atoms with van der Waals surface area (Å²) in [6, 6.07) is 9.95. The lowest BCUT2D eigenvalue weighted by Gasteiger charge is -2.11. The van der Waals surface area contributed by atoms with Crippen molar-refractivity contribution in [3.05, 3.63) is 45.7 Å². The molecule has 2 aromatic rings. The van der Waals surface area contributed by atoms with Gasteiger partial charge in [-0.25, -0.2) is 17.4 Å². The van der Waals surface area contributed by atoms with Gasteiger partial charge in [0.2, 0.25) is 5.90 Å². The second-order valence-corrected chi connectivity index (χ2v) is 8.62. The van der Waals surface area contributed by atoms with Crippen molar-refractivity contribution in [3.8, 4) is 0 Å². The van der Waals surface area contributed by atoms with Crippen LogP contribution in [0.15, 0.2) is 51.3 Å². The summed E-state index contributed by atoms with van der Waals surface area (Å²) in [6.07, 6.45) is 2.31. The number of hydrogen-bond acceptors (Lipinski definition) is 5. The van der Waals surface area contributed by atoms with E-state index in [4.69, 9.17) is 4.74 Å². The van der Waals surface area contributed by atoms with Crippen LogP contribution in [-0.4, -0.2) is 38.7 Å². The van der Waals surface area contributed by atoms with Gasteiger partial charge in [-0.2, -0.15) is 0 Å². The molecule has 0 atom stereocenters. The van der Waals surface area contributed by atoms with Crippen LogP contribution in [0, 0.1) is 9.62 Å². The van der Waals surface area contributed by atoms with Crippen molar-refractivity contribution in [1.29, 1.82) is 0 Å². The second-order valence-electron chi connectivity index (χ2n) is 5.73. The molecule has 1 saturated carbocycles. The van der Waals surface area contributed by atoms with E-state index in [0.29, 0.717) is 27.7 Å². The third kappa shape index (κ3) is 3.64. The van der Waals surface area contributed by atoms with Crippen molar-refractivity contribution in [2.75, 3.05) is 13.7 Å². The van der Waals surface area contributed by atoms with Crippen LogP contribution in [0.4, 0.5) is 5.82 Å². The van der Waals surface area contributed by atoms with Crippen LogP contribution in [0.3, 0.4) is 0 Å². The largest absolute Gasteiger partial charge is 0.477 e. The number of rotatable bonds is 6. The molecular weight excluding hydrogens is 453 g/mol. The molecule has 0 spiro atoms. The molecule has 6 nitrogen and oxygen atoms in total. The Balaban J connectivity index is 2.06. The topological polar surface area (TPSA) is 73.0 Å². The number of hydrogen-bond donors (Lipinski definition) is 0. The fraction of sp³-hybridized carbons (Fsp3) is 0.294. The van der Waals surface area contributed by atoms with E-state index < -0.39 is 10.0 Å². The standard InChI is InChI=1S/C17H18IN3O3S/c1-19-16-14(17(20-2)24-11-12-8-9-12)10-15(18)21(16)25(22,23)13-6-4-3-5-7-13/h3-7,10,12H,1,8-9,11H2,2H3. The third-order valence-electron chi connectivity index (χ3n) is 3.91. The summed E-state index contributed by atoms with van der Waals surface area (Å²) in [5, 5.41) is 0. The molecule has 1 aliphatic carbocycles. The quantitative estimate of drug-likeness (QED) is 0.368. The number of halogens is 1. The van der Waals surface area contributed by atoms with Gasteiger partial charge in [-0.15, -0.1) is 0 Å². The Labute approximate surface area is 160 Å². The van der Waals surface area contributed by atoms with Crippen LogP contribution in [0.2, 0.25) is 0 Å². The highest BCUT2D eigenvalue weighted by molar-refractivity contribution is 14.1. The predicted molar refractivity (Wildman–Crippen MR) is 107 cm³/mol. The Kier molecular flexibility index (Phi) is 5.28. The van der Waals surface area contributed by atoms with Crippen molar-refractivity contribution >= 4 is 51.0 Å². The summed E-state index contributed by atoms with van der Waals surface area (Å²) < 4.78 is 33.5. The second kappa shape index (κ2) is 7.28. The van der Waals surface area contributed by atoms with E-state index in [1.807, 2.05) is 22.6 Å². The first-order chi connectivity index (χ1) is 12.0. The summed E-state index contributed by atoms with van der Waals surface area (Å²) in [5.41, 5.74) is 0.530. The highest BCUT2D eigenvalue weighted by atomic mass is 127. The zero-order valence-corrected chi connectivity index (χ0v) is 16.7. The Morgan fingerprint density at radius 1 is 1.36 bits per heavy atom. The molecule has 0 saturated heterocycles. The van der Waals surface area contributed by atoms with Gasteiger partial charge in [-0.05, 0) is 66.3 Å². The number of benzene rings is 1. The molecule has 1 aromatic heterocycles. The molecule has 0 radical (unpaired) electrons. The number of aromatic nitrogens is 1. The molecule has 0 N–H and O–H groups in total. The molecule has 1 aliphatic rings. The molecule has 0 amide bonds. The van der Waals surface area contributed by atoms with Gasteiger partial charge in [0.05, 0.1) is 20.8 Å². The fourth-order valence-corrected chi connectivity index (χ4v) is 5.13. The van der Waals surface area contributed by atoms with Crippen LogP contribution >= 0.6 is 22.6 Å². The summed E-state index contributed by atoms with van der Waals surface area (Å²) in [7, 11) is -2.17. The molecule has 0 unspecified atom stereocenters. The van der Waals surface area contributed by atoms with Gasteiger partial charge in [-0.1, -0.05) is 18.2 Å². The number of ether oxygens (including phenoxy) is 1. The van der Waals surface area contributed by atoms with Gasteiger partial charge in [0.15, 0.2) is 5.82 Å². The summed E-state index contributed by atoms with van der Waals surface area (Å²) in [4.78, 5) is 8.32. The zero-order valence-electron chi connectivity index (χ0n) is 13.7. The molecule has 0 bridgehead atoms. The predicted octanol–water partition coefficient (Wildman–Crippen LogP) is 3.46. The van der Waals surface area contributed by atoms with Crippen LogP contribution in [0.5, 0.6) is 0 Å². The number of aliphatic imine (C=N–C) groups is 2. The van der Waals surface area contributed by atoms with Crippen LogP contribution in [0.1, 0.15) is 18.4 Å². The minimum atomic E-state index is -3.79. The zero-order chi connectivity index (χ0) is 18.0. The van der Waals surface area contributed by atoms with E-state index in [2.05, 4.69) is 16.7 Å². The normalized spacial score (nSPS) is 15.2. The minimum absolute atomic E-state index is 0.189. The average molecular weight is 471 g/mol. The highest BCUT2D eigenvalue weighted by Crippen LogP contribution is 2.33. The molecule has 1 aromatic carbocycles. The maximum absolute atomic E-state index is 13.0. The lowest BCUT2D eigenvalue weighted by atomic mass is 10.3. The Morgan fingerprint density at radius 2 is 2.04 bits per heavy atom. The molecule has 8 heteroatoms. The van der Waals surface area contributed by atoms with Crippen molar-refractivity contribution in [2.45, 2.75) is 17.7 Å². The van der Waals surface area contributed by atoms with Gasteiger partial charge >= 0.3 is 0 Å². The minimum Gasteiger partial charge on any atom is -0.477 e. The molecule has 3 rings (SSSR count). The van der Waals surface area contributed by atoms with Crippen molar-refractivity contribution in [1.82, 2.24) is 3.97 Å². The molecule has 132 valence electrons. The first-order valence-electron chi connectivity index (χ1n) is 7.77. The van der Waals surface area contributed by atoms with Gasteiger partial charge in [0, 0.05) is 7.05 Å². The van der Waals surface area contributed by atoms with E-state index in [1.165, 1.54) is 3.97 Å². The summed E-state index contributed by atoms with van der Waals surface area (Å²) in [5.74, 6) is 1.16. The van der Waals surface area contributed by atoms with Crippen molar-refractivity contribution < 1.29 is 13.2 Å². The van der Waals surface area contributed by atoms with E-state index in [1.54, 1.807) is 43.4 Å². The van der Waals surface area contributed by atoms with E-state index in [9.17, 15) is 8.42 Å². The third-order valence-corrected chi connectivity index (χ3v) is 6.75. The summed E-state index contributed by atoms with van der Waals surface area (Å²) >= 11 is 1.97. The molecule has 25 heavy (non-hydrogen) atoms. The molecular formula is C17H18IN3O3S. The summed E-state index contributed by atoms with van der Waals surface area (Å²) in [6.45, 7) is 4.13. The highest BCUT2D eigenvalue weighted by Gasteiger charge is 2.29. The molecule has 1 fully saturated rings. The smallest absolute Gasteiger partial charge is 0.270 e. The van der Waals surface area contributed by atoms with Crippen LogP contribution in [0.25, 0.3) is 0 Å². The van der Waals surface area contributed by atoms with Gasteiger partial charge in [-0.3, -0.25) is 4.99 Å². The first-order valence-corrected chi connectivity index (χ1v) is 10.3. The van der Waals surface area contributed by atoms with Crippen molar-refractivity contribution in [3.63, 3.8) is 0 Å². The maximum Gasteiger partial charge on any atom is 0.270 e. The lowest BCUT2D eigenvalue weighted by molar-refractivity contribution is 0.287. The van der Waals surface area contributed by atoms with Crippen molar-refractivity contribution in [2.24, 2.45) is 15.9 Å². The van der Waals surface area contributed by atoms with Gasteiger partial charge in [0.1, 0.15) is 0 Å². The average Bonchev–Trinajstić information content (AvgIpc) is 3.37.